The van der Waals surface area contributed by atoms with Crippen LogP contribution < -0.4 is 10.1 Å². The number of nitrogens with zero attached hydrogens (tertiary/aromatic N) is 2. The Labute approximate surface area is 205 Å². The van der Waals surface area contributed by atoms with Gasteiger partial charge in [0.15, 0.2) is 0 Å². The number of hydrogen-bond donors (Lipinski definition) is 1. The molecule has 5 rings (SSSR count). The number of carbonyl (C=O) groups excluding carboxylic acids is 1. The number of benzene rings is 4. The second-order valence-corrected chi connectivity index (χ2v) is 8.07. The van der Waals surface area contributed by atoms with E-state index in [1.807, 2.05) is 48.5 Å². The molecule has 1 N–H and O–H groups in total. The fourth-order valence-corrected chi connectivity index (χ4v) is 3.60. The number of hydrogen-bond acceptors (Lipinski definition) is 5. The molecule has 0 fully saturated rings. The predicted octanol–water partition coefficient (Wildman–Crippen LogP) is 7.68. The van der Waals surface area contributed by atoms with Gasteiger partial charge in [-0.15, -0.1) is 0 Å². The van der Waals surface area contributed by atoms with Crippen LogP contribution >= 0.6 is 0 Å². The molecule has 1 heterocycles. The number of aryl methyl sites for hydroxylation is 2. The summed E-state index contributed by atoms with van der Waals surface area (Å²) in [5, 5.41) is 6.67. The van der Waals surface area contributed by atoms with Crippen LogP contribution in [0.4, 0.5) is 24.7 Å². The summed E-state index contributed by atoms with van der Waals surface area (Å²) in [6, 6.07) is 26.5. The smallest absolute Gasteiger partial charge is 0.446 e. The van der Waals surface area contributed by atoms with Gasteiger partial charge in [-0.3, -0.25) is 4.79 Å². The predicted molar refractivity (Wildman–Crippen MR) is 135 cm³/mol. The zero-order valence-corrected chi connectivity index (χ0v) is 19.5. The van der Waals surface area contributed by atoms with Gasteiger partial charge < -0.3 is 10.1 Å². The van der Waals surface area contributed by atoms with E-state index in [1.165, 1.54) is 11.1 Å². The van der Waals surface area contributed by atoms with E-state index in [9.17, 15) is 13.2 Å². The molecule has 8 heteroatoms. The van der Waals surface area contributed by atoms with E-state index < -0.39 is 12.5 Å². The molecular weight excluding hydrogens is 467 g/mol. The largest absolute Gasteiger partial charge is 0.457 e. The number of carbonyl (C=O) groups is 1. The van der Waals surface area contributed by atoms with Crippen molar-refractivity contribution in [3.8, 4) is 11.5 Å². The number of rotatable bonds is 4. The lowest BCUT2D eigenvalue weighted by molar-refractivity contribution is -0.156. The Morgan fingerprint density at radius 3 is 2.31 bits per heavy atom. The highest BCUT2D eigenvalue weighted by molar-refractivity contribution is 5.92. The molecule has 0 amide bonds. The minimum atomic E-state index is -4.64. The van der Waals surface area contributed by atoms with E-state index >= 15 is 0 Å². The maximum absolute atomic E-state index is 10.4. The van der Waals surface area contributed by atoms with E-state index in [4.69, 9.17) is 9.53 Å². The van der Waals surface area contributed by atoms with Crippen molar-refractivity contribution in [2.75, 3.05) is 5.32 Å². The van der Waals surface area contributed by atoms with Crippen LogP contribution in [0.5, 0.6) is 11.5 Å². The average Bonchev–Trinajstić information content (AvgIpc) is 2.86. The zero-order chi connectivity index (χ0) is 25.7. The summed E-state index contributed by atoms with van der Waals surface area (Å²) in [6.07, 6.45) is -4.11. The van der Waals surface area contributed by atoms with E-state index in [1.54, 1.807) is 6.33 Å². The monoisotopic (exact) mass is 489 g/mol. The number of alkyl halides is 3. The summed E-state index contributed by atoms with van der Waals surface area (Å²) < 4.78 is 37.5. The minimum absolute atomic E-state index is 0.765. The molecule has 5 nitrogen and oxygen atoms in total. The molecule has 0 aliphatic heterocycles. The molecule has 36 heavy (non-hydrogen) atoms. The van der Waals surface area contributed by atoms with E-state index in [2.05, 4.69) is 59.5 Å². The Hall–Kier alpha value is -4.46. The van der Waals surface area contributed by atoms with Crippen molar-refractivity contribution in [3.63, 3.8) is 0 Å². The Bertz CT molecular complexity index is 1530. The van der Waals surface area contributed by atoms with Gasteiger partial charge in [0.25, 0.3) is 0 Å². The van der Waals surface area contributed by atoms with Crippen LogP contribution in [0.1, 0.15) is 11.1 Å². The molecule has 0 spiro atoms. The number of ether oxygens (including phenoxy) is 1. The van der Waals surface area contributed by atoms with Gasteiger partial charge in [-0.05, 0) is 60.7 Å². The van der Waals surface area contributed by atoms with Gasteiger partial charge in [-0.1, -0.05) is 42.5 Å². The van der Waals surface area contributed by atoms with Crippen molar-refractivity contribution >= 4 is 39.5 Å². The van der Waals surface area contributed by atoms with Crippen molar-refractivity contribution in [3.05, 3.63) is 96.3 Å². The number of anilines is 2. The molecule has 5 aromatic rings. The van der Waals surface area contributed by atoms with E-state index in [0.29, 0.717) is 0 Å². The van der Waals surface area contributed by atoms with E-state index in [-0.39, 0.29) is 0 Å². The van der Waals surface area contributed by atoms with Crippen LogP contribution in [0.3, 0.4) is 0 Å². The minimum Gasteiger partial charge on any atom is -0.457 e. The fourth-order valence-electron chi connectivity index (χ4n) is 3.60. The lowest BCUT2D eigenvalue weighted by Gasteiger charge is -2.12. The summed E-state index contributed by atoms with van der Waals surface area (Å²) in [4.78, 5) is 17.6. The summed E-state index contributed by atoms with van der Waals surface area (Å²) in [6.45, 7) is 4.20. The standard InChI is InChI=1S/C26H21N3O.C2HF3O/c1-17-13-23-24(14-18(17)2)27-16-28-26(23)29-20-9-6-10-21(15-20)30-25-12-5-8-19-7-3-4-11-22(19)25;3-2(4,5)1-6/h3-16H,1-2H3,(H,27,28,29);1H. The third-order valence-corrected chi connectivity index (χ3v) is 5.46. The van der Waals surface area contributed by atoms with Gasteiger partial charge >= 0.3 is 6.18 Å². The molecule has 0 aliphatic carbocycles. The maximum Gasteiger partial charge on any atom is 0.446 e. The van der Waals surface area contributed by atoms with Crippen molar-refractivity contribution in [1.29, 1.82) is 0 Å². The average molecular weight is 489 g/mol. The molecule has 0 radical (unpaired) electrons. The molecule has 0 aliphatic rings. The number of fused-ring (bicyclic) bond motifs is 2. The SMILES string of the molecule is Cc1cc2ncnc(Nc3cccc(Oc4cccc5ccccc45)c3)c2cc1C.O=CC(F)(F)F. The number of nitrogens with one attached hydrogen (secondary N) is 1. The van der Waals surface area contributed by atoms with Crippen molar-refractivity contribution in [2.24, 2.45) is 0 Å². The Kier molecular flexibility index (Phi) is 7.15. The lowest BCUT2D eigenvalue weighted by atomic mass is 10.1. The number of aromatic nitrogens is 2. The lowest BCUT2D eigenvalue weighted by Crippen LogP contribution is -2.07. The topological polar surface area (TPSA) is 64.1 Å². The van der Waals surface area contributed by atoms with Crippen LogP contribution in [-0.2, 0) is 4.79 Å². The number of halogens is 3. The van der Waals surface area contributed by atoms with Gasteiger partial charge in [-0.25, -0.2) is 9.97 Å². The van der Waals surface area contributed by atoms with Gasteiger partial charge in [0.1, 0.15) is 23.6 Å². The van der Waals surface area contributed by atoms with E-state index in [0.717, 1.165) is 44.7 Å². The molecule has 0 saturated carbocycles. The van der Waals surface area contributed by atoms with Crippen LogP contribution in [0.15, 0.2) is 85.2 Å². The second-order valence-electron chi connectivity index (χ2n) is 8.07. The Balaban J connectivity index is 0.000000455. The third-order valence-electron chi connectivity index (χ3n) is 5.46. The first-order valence-corrected chi connectivity index (χ1v) is 11.0. The first-order chi connectivity index (χ1) is 17.2. The van der Waals surface area contributed by atoms with Crippen molar-refractivity contribution in [1.82, 2.24) is 9.97 Å². The quantitative estimate of drug-likeness (QED) is 0.262. The highest BCUT2D eigenvalue weighted by Crippen LogP contribution is 2.32. The maximum atomic E-state index is 10.4. The van der Waals surface area contributed by atoms with Crippen LogP contribution in [0, 0.1) is 13.8 Å². The summed E-state index contributed by atoms with van der Waals surface area (Å²) in [7, 11) is 0. The van der Waals surface area contributed by atoms with Crippen molar-refractivity contribution < 1.29 is 22.7 Å². The molecule has 0 bridgehead atoms. The summed E-state index contributed by atoms with van der Waals surface area (Å²) in [5.41, 5.74) is 4.27. The van der Waals surface area contributed by atoms with Crippen molar-refractivity contribution in [2.45, 2.75) is 20.0 Å². The number of aldehydes is 1. The Morgan fingerprint density at radius 1 is 0.833 bits per heavy atom. The van der Waals surface area contributed by atoms with Crippen LogP contribution in [0.2, 0.25) is 0 Å². The highest BCUT2D eigenvalue weighted by Gasteiger charge is 2.24. The third kappa shape index (κ3) is 5.96. The first kappa shape index (κ1) is 24.7. The molecular formula is C28H22F3N3O2. The first-order valence-electron chi connectivity index (χ1n) is 11.0. The van der Waals surface area contributed by atoms with Gasteiger partial charge in [0.05, 0.1) is 5.52 Å². The van der Waals surface area contributed by atoms with Crippen LogP contribution in [-0.4, -0.2) is 22.4 Å². The highest BCUT2D eigenvalue weighted by atomic mass is 19.4. The summed E-state index contributed by atoms with van der Waals surface area (Å²) >= 11 is 0. The van der Waals surface area contributed by atoms with Gasteiger partial charge in [0.2, 0.25) is 6.29 Å². The fraction of sp³-hybridized carbons (Fsp3) is 0.107. The molecule has 0 unspecified atom stereocenters. The molecule has 182 valence electrons. The molecule has 0 saturated heterocycles. The van der Waals surface area contributed by atoms with Gasteiger partial charge in [0, 0.05) is 22.5 Å². The normalized spacial score (nSPS) is 11.0. The molecule has 0 atom stereocenters. The Morgan fingerprint density at radius 2 is 1.53 bits per heavy atom. The second kappa shape index (κ2) is 10.4. The molecule has 1 aromatic heterocycles. The summed E-state index contributed by atoms with van der Waals surface area (Å²) in [5.74, 6) is 2.39. The zero-order valence-electron chi connectivity index (χ0n) is 19.5. The van der Waals surface area contributed by atoms with Crippen LogP contribution in [0.25, 0.3) is 21.7 Å². The van der Waals surface area contributed by atoms with Gasteiger partial charge in [-0.2, -0.15) is 13.2 Å². The molecule has 4 aromatic carbocycles.